The number of hydrogen-bond acceptors (Lipinski definition) is 1. The number of hydrogen-bond donors (Lipinski definition) is 0. The maximum Gasteiger partial charge on any atom is 0.417 e. The molecule has 0 aliphatic heterocycles. The van der Waals surface area contributed by atoms with Crippen molar-refractivity contribution in [3.63, 3.8) is 0 Å². The highest BCUT2D eigenvalue weighted by Gasteiger charge is 2.45. The molecule has 1 heterocycles. The maximum absolute atomic E-state index is 14.1. The molecule has 0 saturated heterocycles. The highest BCUT2D eigenvalue weighted by atomic mass is 19.4. The summed E-state index contributed by atoms with van der Waals surface area (Å²) in [6.45, 7) is -9.46. The quantitative estimate of drug-likeness (QED) is 0.332. The van der Waals surface area contributed by atoms with Crippen LogP contribution in [0.25, 0.3) is 22.4 Å². The van der Waals surface area contributed by atoms with Crippen molar-refractivity contribution in [2.24, 2.45) is 0 Å². The fourth-order valence-corrected chi connectivity index (χ4v) is 3.07. The highest BCUT2D eigenvalue weighted by Crippen LogP contribution is 2.48. The van der Waals surface area contributed by atoms with Crippen molar-refractivity contribution >= 4 is 0 Å². The summed E-state index contributed by atoms with van der Waals surface area (Å²) in [5.74, 6) is 0. The molecule has 0 amide bonds. The molecule has 10 heteroatoms. The lowest BCUT2D eigenvalue weighted by Crippen LogP contribution is -2.18. The summed E-state index contributed by atoms with van der Waals surface area (Å²) in [6, 6.07) is 1.51. The first-order valence-electron chi connectivity index (χ1n) is 13.2. The Kier molecular flexibility index (Phi) is 3.66. The molecule has 0 saturated carbocycles. The zero-order chi connectivity index (χ0) is 32.4. The van der Waals surface area contributed by atoms with E-state index in [4.69, 9.17) is 12.3 Å². The Morgan fingerprint density at radius 1 is 0.667 bits per heavy atom. The Bertz CT molecular complexity index is 1460. The number of aromatic nitrogens is 1. The molecule has 2 aromatic carbocycles. The summed E-state index contributed by atoms with van der Waals surface area (Å²) in [4.78, 5) is 3.76. The average Bonchev–Trinajstić information content (AvgIpc) is 2.79. The molecule has 3 aromatic rings. The molecule has 0 N–H and O–H groups in total. The van der Waals surface area contributed by atoms with Crippen LogP contribution < -0.4 is 0 Å². The van der Waals surface area contributed by atoms with E-state index in [0.29, 0.717) is 24.4 Å². The Morgan fingerprint density at radius 3 is 1.73 bits per heavy atom. The third-order valence-corrected chi connectivity index (χ3v) is 4.57. The van der Waals surface area contributed by atoms with Gasteiger partial charge in [-0.1, -0.05) is 12.1 Å². The molecule has 0 atom stereocenters. The van der Waals surface area contributed by atoms with Crippen LogP contribution in [0, 0.1) is 20.6 Å². The molecule has 1 nitrogen and oxygen atoms in total. The first-order valence-corrected chi connectivity index (χ1v) is 8.69. The molecule has 176 valence electrons. The van der Waals surface area contributed by atoms with Gasteiger partial charge in [-0.15, -0.1) is 0 Å². The summed E-state index contributed by atoms with van der Waals surface area (Å²) in [5.41, 5.74) is -13.9. The standard InChI is InChI=1S/C23H16F9N/c1-11-4-5-14(19-6-12(2)13(3)10-33-19)7-16(11)20-17(22(27,28)29)8-15(21(24,25)26)9-18(20)23(30,31)32/h4-10H,1-3H3/i1D3,2D3,3D3. The van der Waals surface area contributed by atoms with Gasteiger partial charge in [-0.2, -0.15) is 39.5 Å². The van der Waals surface area contributed by atoms with E-state index in [1.165, 1.54) is 0 Å². The van der Waals surface area contributed by atoms with Crippen molar-refractivity contribution in [2.75, 3.05) is 0 Å². The number of benzene rings is 2. The van der Waals surface area contributed by atoms with Crippen molar-refractivity contribution in [3.05, 3.63) is 76.0 Å². The number of pyridine rings is 1. The van der Waals surface area contributed by atoms with E-state index in [0.717, 1.165) is 6.07 Å². The molecule has 0 spiro atoms. The predicted molar refractivity (Wildman–Crippen MR) is 104 cm³/mol. The second kappa shape index (κ2) is 8.07. The first-order chi connectivity index (χ1) is 18.6. The molecule has 0 aliphatic carbocycles. The third-order valence-electron chi connectivity index (χ3n) is 4.57. The van der Waals surface area contributed by atoms with Gasteiger partial charge in [0.15, 0.2) is 0 Å². The molecule has 0 radical (unpaired) electrons. The summed E-state index contributed by atoms with van der Waals surface area (Å²) < 4.78 is 193. The summed E-state index contributed by atoms with van der Waals surface area (Å²) in [6.07, 6.45) is -16.7. The first kappa shape index (κ1) is 15.0. The van der Waals surface area contributed by atoms with E-state index < -0.39 is 107 Å². The van der Waals surface area contributed by atoms with E-state index in [2.05, 4.69) is 4.98 Å². The van der Waals surface area contributed by atoms with E-state index >= 15 is 0 Å². The summed E-state index contributed by atoms with van der Waals surface area (Å²) >= 11 is 0. The molecule has 3 rings (SSSR count). The molecule has 1 aromatic heterocycles. The van der Waals surface area contributed by atoms with Crippen LogP contribution in [0.2, 0.25) is 0 Å². The van der Waals surface area contributed by atoms with Gasteiger partial charge >= 0.3 is 18.5 Å². The van der Waals surface area contributed by atoms with Crippen LogP contribution in [0.5, 0.6) is 0 Å². The fourth-order valence-electron chi connectivity index (χ4n) is 3.07. The molecule has 0 unspecified atom stereocenters. The van der Waals surface area contributed by atoms with Crippen LogP contribution in [-0.2, 0) is 18.5 Å². The van der Waals surface area contributed by atoms with Gasteiger partial charge in [-0.25, -0.2) is 0 Å². The lowest BCUT2D eigenvalue weighted by atomic mass is 9.87. The Morgan fingerprint density at radius 2 is 1.24 bits per heavy atom. The zero-order valence-corrected chi connectivity index (χ0v) is 15.9. The maximum atomic E-state index is 14.1. The number of halogens is 9. The van der Waals surface area contributed by atoms with Crippen LogP contribution in [-0.4, -0.2) is 4.98 Å². The normalized spacial score (nSPS) is 18.0. The van der Waals surface area contributed by atoms with Crippen molar-refractivity contribution < 1.29 is 51.9 Å². The van der Waals surface area contributed by atoms with Crippen molar-refractivity contribution in [1.29, 1.82) is 0 Å². The van der Waals surface area contributed by atoms with Crippen LogP contribution in [0.1, 0.15) is 45.7 Å². The number of aryl methyl sites for hydroxylation is 3. The SMILES string of the molecule is [2H]C([2H])([2H])c1ccc(-c2cc(C([2H])([2H])[2H])c(C([2H])([2H])[2H])cn2)cc1-c1c(C(F)(F)F)cc(C(F)(F)F)cc1C(F)(F)F. The van der Waals surface area contributed by atoms with E-state index in [1.807, 2.05) is 0 Å². The van der Waals surface area contributed by atoms with Gasteiger partial charge in [-0.05, 0) is 67.1 Å². The zero-order valence-electron chi connectivity index (χ0n) is 24.9. The van der Waals surface area contributed by atoms with Crippen molar-refractivity contribution in [2.45, 2.75) is 39.1 Å². The predicted octanol–water partition coefficient (Wildman–Crippen LogP) is 8.40. The van der Waals surface area contributed by atoms with Crippen LogP contribution in [0.15, 0.2) is 42.6 Å². The van der Waals surface area contributed by atoms with Crippen LogP contribution in [0.3, 0.4) is 0 Å². The molecular formula is C23H16F9N. The van der Waals surface area contributed by atoms with E-state index in [9.17, 15) is 39.5 Å². The molecule has 0 aliphatic rings. The van der Waals surface area contributed by atoms with Gasteiger partial charge < -0.3 is 0 Å². The lowest BCUT2D eigenvalue weighted by Gasteiger charge is -2.23. The molecule has 33 heavy (non-hydrogen) atoms. The van der Waals surface area contributed by atoms with Gasteiger partial charge in [0.2, 0.25) is 0 Å². The Hall–Kier alpha value is -3.04. The van der Waals surface area contributed by atoms with E-state index in [1.54, 1.807) is 0 Å². The monoisotopic (exact) mass is 486 g/mol. The van der Waals surface area contributed by atoms with Gasteiger partial charge in [0.05, 0.1) is 22.4 Å². The third kappa shape index (κ3) is 4.99. The van der Waals surface area contributed by atoms with Crippen molar-refractivity contribution in [3.8, 4) is 22.4 Å². The number of rotatable bonds is 2. The number of nitrogens with zero attached hydrogens (tertiary/aromatic N) is 1. The van der Waals surface area contributed by atoms with Crippen molar-refractivity contribution in [1.82, 2.24) is 4.98 Å². The largest absolute Gasteiger partial charge is 0.417 e. The van der Waals surface area contributed by atoms with Crippen LogP contribution in [0.4, 0.5) is 39.5 Å². The average molecular weight is 486 g/mol. The Labute approximate surface area is 195 Å². The minimum Gasteiger partial charge on any atom is -0.256 e. The molecule has 0 bridgehead atoms. The minimum atomic E-state index is -5.84. The smallest absolute Gasteiger partial charge is 0.256 e. The molecule has 0 fully saturated rings. The lowest BCUT2D eigenvalue weighted by molar-refractivity contribution is -0.147. The number of alkyl halides is 9. The van der Waals surface area contributed by atoms with Crippen LogP contribution >= 0.6 is 0 Å². The second-order valence-corrected chi connectivity index (χ2v) is 6.82. The summed E-state index contributed by atoms with van der Waals surface area (Å²) in [5, 5.41) is 0. The van der Waals surface area contributed by atoms with Gasteiger partial charge in [0.1, 0.15) is 0 Å². The minimum absolute atomic E-state index is 0.457. The van der Waals surface area contributed by atoms with Gasteiger partial charge in [0.25, 0.3) is 0 Å². The second-order valence-electron chi connectivity index (χ2n) is 6.82. The highest BCUT2D eigenvalue weighted by molar-refractivity contribution is 5.80. The van der Waals surface area contributed by atoms with Gasteiger partial charge in [0, 0.05) is 29.7 Å². The van der Waals surface area contributed by atoms with Gasteiger partial charge in [-0.3, -0.25) is 4.98 Å². The summed E-state index contributed by atoms with van der Waals surface area (Å²) in [7, 11) is 0. The fraction of sp³-hybridized carbons (Fsp3) is 0.261. The van der Waals surface area contributed by atoms with E-state index in [-0.39, 0.29) is 0 Å². The Balaban J connectivity index is 2.53. The molecular weight excluding hydrogens is 461 g/mol. The topological polar surface area (TPSA) is 12.9 Å².